The zero-order chi connectivity index (χ0) is 15.0. The van der Waals surface area contributed by atoms with Gasteiger partial charge in [-0.25, -0.2) is 0 Å². The van der Waals surface area contributed by atoms with Gasteiger partial charge in [-0.3, -0.25) is 9.59 Å². The molecule has 4 nitrogen and oxygen atoms in total. The lowest BCUT2D eigenvalue weighted by atomic mass is 9.51. The van der Waals surface area contributed by atoms with E-state index in [1.807, 2.05) is 13.8 Å². The SMILES string of the molecule is CCOC(=O)[C@H]1CCC[C@]2(C#N)C(=O)CC(C)(C)C[C@H]12. The molecular formula is C16H23NO3. The Morgan fingerprint density at radius 3 is 2.80 bits per heavy atom. The number of esters is 1. The third kappa shape index (κ3) is 2.34. The van der Waals surface area contributed by atoms with Gasteiger partial charge in [0.2, 0.25) is 0 Å². The van der Waals surface area contributed by atoms with Gasteiger partial charge in [0.1, 0.15) is 5.41 Å². The van der Waals surface area contributed by atoms with Crippen LogP contribution in [0.3, 0.4) is 0 Å². The van der Waals surface area contributed by atoms with Gasteiger partial charge in [0, 0.05) is 6.42 Å². The number of hydrogen-bond donors (Lipinski definition) is 0. The van der Waals surface area contributed by atoms with Crippen molar-refractivity contribution in [2.45, 2.75) is 52.9 Å². The lowest BCUT2D eigenvalue weighted by Gasteiger charge is -2.49. The van der Waals surface area contributed by atoms with E-state index in [4.69, 9.17) is 4.74 Å². The van der Waals surface area contributed by atoms with E-state index in [0.717, 1.165) is 19.3 Å². The number of rotatable bonds is 2. The van der Waals surface area contributed by atoms with Crippen LogP contribution in [-0.4, -0.2) is 18.4 Å². The number of carbonyl (C=O) groups excluding carboxylic acids is 2. The molecule has 0 bridgehead atoms. The van der Waals surface area contributed by atoms with Crippen LogP contribution in [0.5, 0.6) is 0 Å². The van der Waals surface area contributed by atoms with E-state index < -0.39 is 5.41 Å². The molecule has 0 aromatic heterocycles. The van der Waals surface area contributed by atoms with E-state index in [9.17, 15) is 14.9 Å². The van der Waals surface area contributed by atoms with Gasteiger partial charge < -0.3 is 4.74 Å². The second-order valence-electron chi connectivity index (χ2n) is 6.91. The zero-order valence-electron chi connectivity index (χ0n) is 12.6. The Kier molecular flexibility index (Phi) is 3.90. The van der Waals surface area contributed by atoms with Crippen molar-refractivity contribution in [2.75, 3.05) is 6.61 Å². The molecule has 3 atom stereocenters. The largest absolute Gasteiger partial charge is 0.466 e. The molecule has 0 heterocycles. The second-order valence-corrected chi connectivity index (χ2v) is 6.91. The van der Waals surface area contributed by atoms with Crippen molar-refractivity contribution in [1.82, 2.24) is 0 Å². The van der Waals surface area contributed by atoms with Crippen molar-refractivity contribution >= 4 is 11.8 Å². The molecular weight excluding hydrogens is 254 g/mol. The predicted molar refractivity (Wildman–Crippen MR) is 73.5 cm³/mol. The van der Waals surface area contributed by atoms with Gasteiger partial charge >= 0.3 is 5.97 Å². The summed E-state index contributed by atoms with van der Waals surface area (Å²) in [6.45, 7) is 6.22. The number of Topliss-reactive ketones (excluding diaryl/α,β-unsaturated/α-hetero) is 1. The van der Waals surface area contributed by atoms with Crippen LogP contribution in [0, 0.1) is 34.0 Å². The highest BCUT2D eigenvalue weighted by Gasteiger charge is 2.58. The maximum Gasteiger partial charge on any atom is 0.309 e. The molecule has 4 heteroatoms. The number of nitriles is 1. The standard InChI is InChI=1S/C16H23NO3/c1-4-20-14(19)11-6-5-7-16(10-17)12(11)8-15(2,3)9-13(16)18/h11-12H,4-9H2,1-3H3/t11-,12+,16+/m0/s1. The summed E-state index contributed by atoms with van der Waals surface area (Å²) in [5, 5.41) is 9.62. The van der Waals surface area contributed by atoms with Gasteiger partial charge in [-0.05, 0) is 37.5 Å². The molecule has 0 unspecified atom stereocenters. The van der Waals surface area contributed by atoms with Crippen molar-refractivity contribution in [3.63, 3.8) is 0 Å². The van der Waals surface area contributed by atoms with Gasteiger partial charge in [-0.15, -0.1) is 0 Å². The number of hydrogen-bond acceptors (Lipinski definition) is 4. The van der Waals surface area contributed by atoms with E-state index in [1.54, 1.807) is 6.92 Å². The van der Waals surface area contributed by atoms with Crippen LogP contribution in [0.15, 0.2) is 0 Å². The molecule has 2 rings (SSSR count). The third-order valence-electron chi connectivity index (χ3n) is 4.90. The molecule has 0 spiro atoms. The van der Waals surface area contributed by atoms with E-state index in [2.05, 4.69) is 6.07 Å². The molecule has 0 aliphatic heterocycles. The van der Waals surface area contributed by atoms with Crippen LogP contribution in [-0.2, 0) is 14.3 Å². The highest BCUT2D eigenvalue weighted by Crippen LogP contribution is 2.55. The first-order valence-electron chi connectivity index (χ1n) is 7.47. The van der Waals surface area contributed by atoms with Crippen molar-refractivity contribution in [2.24, 2.45) is 22.7 Å². The second kappa shape index (κ2) is 5.20. The summed E-state index contributed by atoms with van der Waals surface area (Å²) in [5.41, 5.74) is -1.09. The lowest BCUT2D eigenvalue weighted by Crippen LogP contribution is -2.52. The summed E-state index contributed by atoms with van der Waals surface area (Å²) in [5.74, 6) is -0.694. The normalized spacial score (nSPS) is 35.8. The fraction of sp³-hybridized carbons (Fsp3) is 0.812. The van der Waals surface area contributed by atoms with E-state index in [0.29, 0.717) is 19.4 Å². The van der Waals surface area contributed by atoms with Gasteiger partial charge in [-0.2, -0.15) is 5.26 Å². The Labute approximate surface area is 120 Å². The van der Waals surface area contributed by atoms with E-state index in [1.165, 1.54) is 0 Å². The number of carbonyl (C=O) groups is 2. The lowest BCUT2D eigenvalue weighted by molar-refractivity contribution is -0.159. The maximum atomic E-state index is 12.5. The summed E-state index contributed by atoms with van der Waals surface area (Å²) >= 11 is 0. The molecule has 0 saturated heterocycles. The van der Waals surface area contributed by atoms with Crippen molar-refractivity contribution < 1.29 is 14.3 Å². The van der Waals surface area contributed by atoms with Gasteiger partial charge in [-0.1, -0.05) is 20.3 Å². The summed E-state index contributed by atoms with van der Waals surface area (Å²) < 4.78 is 5.16. The fourth-order valence-electron chi connectivity index (χ4n) is 3.99. The van der Waals surface area contributed by atoms with Crippen molar-refractivity contribution in [3.05, 3.63) is 0 Å². The van der Waals surface area contributed by atoms with Gasteiger partial charge in [0.25, 0.3) is 0 Å². The first kappa shape index (κ1) is 15.0. The molecule has 0 radical (unpaired) electrons. The van der Waals surface area contributed by atoms with Gasteiger partial charge in [0.15, 0.2) is 5.78 Å². The first-order valence-corrected chi connectivity index (χ1v) is 7.47. The highest BCUT2D eigenvalue weighted by molar-refractivity contribution is 5.90. The monoisotopic (exact) mass is 277 g/mol. The molecule has 2 saturated carbocycles. The first-order chi connectivity index (χ1) is 9.36. The van der Waals surface area contributed by atoms with E-state index in [-0.39, 0.29) is 29.0 Å². The van der Waals surface area contributed by atoms with Gasteiger partial charge in [0.05, 0.1) is 18.6 Å². The molecule has 0 N–H and O–H groups in total. The number of fused-ring (bicyclic) bond motifs is 1. The summed E-state index contributed by atoms with van der Waals surface area (Å²) in [7, 11) is 0. The molecule has 0 aromatic carbocycles. The highest BCUT2D eigenvalue weighted by atomic mass is 16.5. The molecule has 2 fully saturated rings. The Morgan fingerprint density at radius 2 is 2.20 bits per heavy atom. The molecule has 20 heavy (non-hydrogen) atoms. The zero-order valence-corrected chi connectivity index (χ0v) is 12.6. The molecule has 2 aliphatic carbocycles. The van der Waals surface area contributed by atoms with Crippen LogP contribution in [0.25, 0.3) is 0 Å². The fourth-order valence-corrected chi connectivity index (χ4v) is 3.99. The minimum atomic E-state index is -0.953. The van der Waals surface area contributed by atoms with Crippen molar-refractivity contribution in [1.29, 1.82) is 5.26 Å². The topological polar surface area (TPSA) is 67.2 Å². The summed E-state index contributed by atoms with van der Waals surface area (Å²) in [6, 6.07) is 2.28. The minimum absolute atomic E-state index is 0.0234. The Hall–Kier alpha value is -1.37. The quantitative estimate of drug-likeness (QED) is 0.728. The number of ketones is 1. The van der Waals surface area contributed by atoms with Crippen LogP contribution >= 0.6 is 0 Å². The molecule has 0 aromatic rings. The molecule has 0 amide bonds. The molecule has 110 valence electrons. The average Bonchev–Trinajstić information content (AvgIpc) is 2.37. The number of ether oxygens (including phenoxy) is 1. The average molecular weight is 277 g/mol. The van der Waals surface area contributed by atoms with Crippen LogP contribution < -0.4 is 0 Å². The summed E-state index contributed by atoms with van der Waals surface area (Å²) in [6.07, 6.45) is 3.26. The van der Waals surface area contributed by atoms with Crippen LogP contribution in [0.1, 0.15) is 52.9 Å². The third-order valence-corrected chi connectivity index (χ3v) is 4.90. The molecule has 2 aliphatic rings. The Morgan fingerprint density at radius 1 is 1.50 bits per heavy atom. The van der Waals surface area contributed by atoms with Crippen molar-refractivity contribution in [3.8, 4) is 6.07 Å². The Balaban J connectivity index is 2.37. The number of nitrogens with zero attached hydrogens (tertiary/aromatic N) is 1. The predicted octanol–water partition coefficient (Wildman–Crippen LogP) is 2.86. The Bertz CT molecular complexity index is 463. The smallest absolute Gasteiger partial charge is 0.309 e. The maximum absolute atomic E-state index is 12.5. The van der Waals surface area contributed by atoms with Crippen LogP contribution in [0.4, 0.5) is 0 Å². The minimum Gasteiger partial charge on any atom is -0.466 e. The summed E-state index contributed by atoms with van der Waals surface area (Å²) in [4.78, 5) is 24.7. The van der Waals surface area contributed by atoms with Crippen LogP contribution in [0.2, 0.25) is 0 Å². The van der Waals surface area contributed by atoms with E-state index >= 15 is 0 Å².